The molecule has 0 saturated heterocycles. The molecule has 1 fully saturated rings. The summed E-state index contributed by atoms with van der Waals surface area (Å²) in [6.45, 7) is 2.08. The molecule has 2 N–H and O–H groups in total. The van der Waals surface area contributed by atoms with E-state index in [1.807, 2.05) is 0 Å². The van der Waals surface area contributed by atoms with E-state index in [1.54, 1.807) is 10.7 Å². The van der Waals surface area contributed by atoms with Gasteiger partial charge in [-0.15, -0.1) is 5.10 Å². The third-order valence-electron chi connectivity index (χ3n) is 3.46. The number of nitrogens with two attached hydrogens (primary N) is 1. The largest absolute Gasteiger partial charge is 0.399 e. The van der Waals surface area contributed by atoms with Gasteiger partial charge in [0.25, 0.3) is 0 Å². The molecule has 1 atom stereocenters. The summed E-state index contributed by atoms with van der Waals surface area (Å²) in [5, 5.41) is 11.7. The summed E-state index contributed by atoms with van der Waals surface area (Å²) < 4.78 is 15.2. The quantitative estimate of drug-likeness (QED) is 0.858. The minimum absolute atomic E-state index is 0.210. The monoisotopic (exact) mass is 261 g/mol. The fraction of sp³-hybridized carbons (Fsp3) is 0.462. The zero-order valence-electron chi connectivity index (χ0n) is 10.8. The Morgan fingerprint density at radius 2 is 2.21 bits per heavy atom. The molecule has 1 aromatic carbocycles. The van der Waals surface area contributed by atoms with Crippen molar-refractivity contribution in [2.24, 2.45) is 5.92 Å². The van der Waals surface area contributed by atoms with Gasteiger partial charge in [-0.25, -0.2) is 9.07 Å². The molecule has 1 aromatic heterocycles. The molecule has 0 spiro atoms. The van der Waals surface area contributed by atoms with Crippen molar-refractivity contribution in [1.29, 1.82) is 0 Å². The van der Waals surface area contributed by atoms with Crippen molar-refractivity contribution in [2.75, 3.05) is 5.73 Å². The molecule has 1 unspecified atom stereocenters. The van der Waals surface area contributed by atoms with Crippen molar-refractivity contribution in [3.8, 4) is 11.4 Å². The Balaban J connectivity index is 1.93. The molecule has 0 bridgehead atoms. The number of benzene rings is 1. The van der Waals surface area contributed by atoms with Crippen molar-refractivity contribution >= 4 is 5.69 Å². The second kappa shape index (κ2) is 4.60. The van der Waals surface area contributed by atoms with Crippen LogP contribution in [0.2, 0.25) is 0 Å². The highest BCUT2D eigenvalue weighted by atomic mass is 19.1. The molecule has 19 heavy (non-hydrogen) atoms. The van der Waals surface area contributed by atoms with Gasteiger partial charge in [-0.2, -0.15) is 0 Å². The first kappa shape index (κ1) is 12.1. The van der Waals surface area contributed by atoms with Crippen molar-refractivity contribution in [2.45, 2.75) is 32.2 Å². The van der Waals surface area contributed by atoms with Crippen LogP contribution in [0.25, 0.3) is 11.4 Å². The molecule has 2 aromatic rings. The molecule has 1 heterocycles. The van der Waals surface area contributed by atoms with E-state index in [9.17, 15) is 4.39 Å². The number of hydrogen-bond donors (Lipinski definition) is 1. The SMILES string of the molecule is CC(CC1CC1)n1nnnc1-c1cc(N)cc(F)c1. The number of tetrazole rings is 1. The lowest BCUT2D eigenvalue weighted by molar-refractivity contribution is 0.430. The number of rotatable bonds is 4. The van der Waals surface area contributed by atoms with Crippen LogP contribution in [0.3, 0.4) is 0 Å². The van der Waals surface area contributed by atoms with Gasteiger partial charge in [0, 0.05) is 11.3 Å². The van der Waals surface area contributed by atoms with Crippen LogP contribution in [0.4, 0.5) is 10.1 Å². The van der Waals surface area contributed by atoms with E-state index in [1.165, 1.54) is 25.0 Å². The van der Waals surface area contributed by atoms with Crippen molar-refractivity contribution in [3.63, 3.8) is 0 Å². The zero-order valence-corrected chi connectivity index (χ0v) is 10.8. The first-order valence-electron chi connectivity index (χ1n) is 6.48. The number of anilines is 1. The summed E-state index contributed by atoms with van der Waals surface area (Å²) in [7, 11) is 0. The number of aromatic nitrogens is 4. The maximum atomic E-state index is 13.4. The van der Waals surface area contributed by atoms with Crippen LogP contribution >= 0.6 is 0 Å². The molecule has 1 aliphatic carbocycles. The number of halogens is 1. The van der Waals surface area contributed by atoms with Gasteiger partial charge in [-0.1, -0.05) is 12.8 Å². The van der Waals surface area contributed by atoms with Crippen LogP contribution < -0.4 is 5.73 Å². The topological polar surface area (TPSA) is 69.6 Å². The van der Waals surface area contributed by atoms with Gasteiger partial charge in [0.05, 0.1) is 6.04 Å². The minimum Gasteiger partial charge on any atom is -0.399 e. The minimum atomic E-state index is -0.376. The zero-order chi connectivity index (χ0) is 13.4. The van der Waals surface area contributed by atoms with E-state index in [-0.39, 0.29) is 11.9 Å². The molecule has 5 nitrogen and oxygen atoms in total. The Hall–Kier alpha value is -1.98. The first-order chi connectivity index (χ1) is 9.13. The normalized spacial score (nSPS) is 16.5. The van der Waals surface area contributed by atoms with Crippen LogP contribution in [-0.2, 0) is 0 Å². The first-order valence-corrected chi connectivity index (χ1v) is 6.48. The number of nitrogen functional groups attached to an aromatic ring is 1. The molecular formula is C13H16FN5. The summed E-state index contributed by atoms with van der Waals surface area (Å²) in [5.74, 6) is 0.975. The molecule has 0 radical (unpaired) electrons. The molecule has 1 saturated carbocycles. The van der Waals surface area contributed by atoms with Crippen molar-refractivity contribution in [1.82, 2.24) is 20.2 Å². The Kier molecular flexibility index (Phi) is 2.93. The van der Waals surface area contributed by atoms with Crippen molar-refractivity contribution in [3.05, 3.63) is 24.0 Å². The highest BCUT2D eigenvalue weighted by molar-refractivity contribution is 5.61. The van der Waals surface area contributed by atoms with E-state index in [2.05, 4.69) is 22.4 Å². The molecule has 100 valence electrons. The lowest BCUT2D eigenvalue weighted by Crippen LogP contribution is -2.10. The highest BCUT2D eigenvalue weighted by Gasteiger charge is 2.26. The van der Waals surface area contributed by atoms with Gasteiger partial charge >= 0.3 is 0 Å². The molecule has 1 aliphatic rings. The molecule has 0 amide bonds. The third-order valence-corrected chi connectivity index (χ3v) is 3.46. The standard InChI is InChI=1S/C13H16FN5/c1-8(4-9-2-3-9)19-13(16-17-18-19)10-5-11(14)7-12(15)6-10/h5-9H,2-4,15H2,1H3. The van der Waals surface area contributed by atoms with Gasteiger partial charge in [0.2, 0.25) is 0 Å². The Bertz CT molecular complexity index is 570. The third kappa shape index (κ3) is 2.57. The van der Waals surface area contributed by atoms with E-state index < -0.39 is 0 Å². The number of hydrogen-bond acceptors (Lipinski definition) is 4. The fourth-order valence-corrected chi connectivity index (χ4v) is 2.36. The van der Waals surface area contributed by atoms with E-state index >= 15 is 0 Å². The smallest absolute Gasteiger partial charge is 0.182 e. The van der Waals surface area contributed by atoms with Gasteiger partial charge < -0.3 is 5.73 Å². The Labute approximate surface area is 110 Å². The Morgan fingerprint density at radius 1 is 1.42 bits per heavy atom. The molecule has 3 rings (SSSR count). The molecule has 6 heteroatoms. The maximum Gasteiger partial charge on any atom is 0.182 e. The van der Waals surface area contributed by atoms with Crippen molar-refractivity contribution < 1.29 is 4.39 Å². The second-order valence-corrected chi connectivity index (χ2v) is 5.25. The number of nitrogens with zero attached hydrogens (tertiary/aromatic N) is 4. The highest BCUT2D eigenvalue weighted by Crippen LogP contribution is 2.37. The Morgan fingerprint density at radius 3 is 2.89 bits per heavy atom. The van der Waals surface area contributed by atoms with E-state index in [0.29, 0.717) is 17.1 Å². The summed E-state index contributed by atoms with van der Waals surface area (Å²) in [4.78, 5) is 0. The van der Waals surface area contributed by atoms with Gasteiger partial charge in [-0.05, 0) is 47.9 Å². The van der Waals surface area contributed by atoms with Gasteiger partial charge in [0.1, 0.15) is 5.82 Å². The summed E-state index contributed by atoms with van der Waals surface area (Å²) in [5.41, 5.74) is 6.65. The summed E-state index contributed by atoms with van der Waals surface area (Å²) >= 11 is 0. The lowest BCUT2D eigenvalue weighted by atomic mass is 10.1. The average Bonchev–Trinajstić information content (AvgIpc) is 3.02. The lowest BCUT2D eigenvalue weighted by Gasteiger charge is -2.13. The van der Waals surface area contributed by atoms with Crippen LogP contribution in [-0.4, -0.2) is 20.2 Å². The van der Waals surface area contributed by atoms with E-state index in [0.717, 1.165) is 12.3 Å². The van der Waals surface area contributed by atoms with Crippen LogP contribution in [0, 0.1) is 11.7 Å². The van der Waals surface area contributed by atoms with E-state index in [4.69, 9.17) is 5.73 Å². The summed E-state index contributed by atoms with van der Waals surface area (Å²) in [6.07, 6.45) is 3.63. The van der Waals surface area contributed by atoms with Crippen LogP contribution in [0.5, 0.6) is 0 Å². The molecule has 0 aliphatic heterocycles. The van der Waals surface area contributed by atoms with Gasteiger partial charge in [0.15, 0.2) is 5.82 Å². The van der Waals surface area contributed by atoms with Gasteiger partial charge in [-0.3, -0.25) is 0 Å². The summed E-state index contributed by atoms with van der Waals surface area (Å²) in [6, 6.07) is 4.59. The average molecular weight is 261 g/mol. The van der Waals surface area contributed by atoms with Crippen LogP contribution in [0.1, 0.15) is 32.2 Å². The molecular weight excluding hydrogens is 245 g/mol. The fourth-order valence-electron chi connectivity index (χ4n) is 2.36. The second-order valence-electron chi connectivity index (χ2n) is 5.25. The predicted octanol–water partition coefficient (Wildman–Crippen LogP) is 2.42. The van der Waals surface area contributed by atoms with Crippen LogP contribution in [0.15, 0.2) is 18.2 Å². The maximum absolute atomic E-state index is 13.4. The predicted molar refractivity (Wildman–Crippen MR) is 69.7 cm³/mol.